The zero-order valence-electron chi connectivity index (χ0n) is 14.6. The quantitative estimate of drug-likeness (QED) is 0.898. The van der Waals surface area contributed by atoms with Crippen LogP contribution in [0.25, 0.3) is 0 Å². The molecule has 25 heavy (non-hydrogen) atoms. The molecule has 0 aliphatic carbocycles. The standard InChI is InChI=1S/C19H24N4O2/c1-14-12-23(13-15(2)25-14)18-9-4-3-8-17(18)22-19(24)21-11-16-7-5-6-10-20-16/h3-10,14-15H,11-13H2,1-2H3,(H2,21,22,24)/t14-,15+. The van der Waals surface area contributed by atoms with Gasteiger partial charge in [0, 0.05) is 19.3 Å². The summed E-state index contributed by atoms with van der Waals surface area (Å²) in [6, 6.07) is 13.2. The number of urea groups is 1. The van der Waals surface area contributed by atoms with Crippen molar-refractivity contribution in [3.63, 3.8) is 0 Å². The van der Waals surface area contributed by atoms with Crippen molar-refractivity contribution >= 4 is 17.4 Å². The van der Waals surface area contributed by atoms with Gasteiger partial charge >= 0.3 is 6.03 Å². The SMILES string of the molecule is C[C@@H]1CN(c2ccccc2NC(=O)NCc2ccccn2)C[C@H](C)O1. The van der Waals surface area contributed by atoms with Crippen molar-refractivity contribution in [2.75, 3.05) is 23.3 Å². The Morgan fingerprint density at radius 3 is 2.60 bits per heavy atom. The molecular weight excluding hydrogens is 316 g/mol. The maximum atomic E-state index is 12.3. The second kappa shape index (κ2) is 7.98. The minimum atomic E-state index is -0.243. The number of ether oxygens (including phenoxy) is 1. The molecule has 3 rings (SSSR count). The van der Waals surface area contributed by atoms with Crippen molar-refractivity contribution in [2.24, 2.45) is 0 Å². The molecule has 1 saturated heterocycles. The van der Waals surface area contributed by atoms with Gasteiger partial charge in [-0.2, -0.15) is 0 Å². The highest BCUT2D eigenvalue weighted by Gasteiger charge is 2.24. The molecule has 0 spiro atoms. The van der Waals surface area contributed by atoms with E-state index in [-0.39, 0.29) is 18.2 Å². The Bertz CT molecular complexity index is 698. The summed E-state index contributed by atoms with van der Waals surface area (Å²) in [5, 5.41) is 5.79. The molecule has 1 aromatic carbocycles. The second-order valence-corrected chi connectivity index (χ2v) is 6.31. The molecule has 0 unspecified atom stereocenters. The molecule has 1 aliphatic heterocycles. The first-order chi connectivity index (χ1) is 12.1. The lowest BCUT2D eigenvalue weighted by atomic mass is 10.1. The monoisotopic (exact) mass is 340 g/mol. The maximum absolute atomic E-state index is 12.3. The van der Waals surface area contributed by atoms with Gasteiger partial charge in [-0.25, -0.2) is 4.79 Å². The third kappa shape index (κ3) is 4.70. The molecule has 2 amide bonds. The fraction of sp³-hybridized carbons (Fsp3) is 0.368. The molecule has 132 valence electrons. The van der Waals surface area contributed by atoms with Crippen molar-refractivity contribution in [1.29, 1.82) is 0 Å². The normalized spacial score (nSPS) is 20.2. The molecule has 0 bridgehead atoms. The van der Waals surface area contributed by atoms with E-state index in [1.807, 2.05) is 42.5 Å². The summed E-state index contributed by atoms with van der Waals surface area (Å²) in [6.07, 6.45) is 2.04. The number of carbonyl (C=O) groups is 1. The van der Waals surface area contributed by atoms with Crippen LogP contribution in [0.2, 0.25) is 0 Å². The number of hydrogen-bond acceptors (Lipinski definition) is 4. The van der Waals surface area contributed by atoms with E-state index in [1.165, 1.54) is 0 Å². The van der Waals surface area contributed by atoms with Crippen LogP contribution in [0.5, 0.6) is 0 Å². The smallest absolute Gasteiger partial charge is 0.319 e. The van der Waals surface area contributed by atoms with Crippen LogP contribution in [-0.4, -0.2) is 36.3 Å². The van der Waals surface area contributed by atoms with E-state index in [2.05, 4.69) is 34.4 Å². The fourth-order valence-corrected chi connectivity index (χ4v) is 3.07. The number of carbonyl (C=O) groups excluding carboxylic acids is 1. The number of nitrogens with zero attached hydrogens (tertiary/aromatic N) is 2. The van der Waals surface area contributed by atoms with Crippen molar-refractivity contribution in [2.45, 2.75) is 32.6 Å². The second-order valence-electron chi connectivity index (χ2n) is 6.31. The number of pyridine rings is 1. The van der Waals surface area contributed by atoms with Crippen LogP contribution in [-0.2, 0) is 11.3 Å². The highest BCUT2D eigenvalue weighted by molar-refractivity contribution is 5.93. The van der Waals surface area contributed by atoms with Gasteiger partial charge in [-0.05, 0) is 38.1 Å². The predicted octanol–water partition coefficient (Wildman–Crippen LogP) is 3.02. The van der Waals surface area contributed by atoms with E-state index in [9.17, 15) is 4.79 Å². The van der Waals surface area contributed by atoms with E-state index >= 15 is 0 Å². The topological polar surface area (TPSA) is 66.5 Å². The molecule has 2 atom stereocenters. The molecular formula is C19H24N4O2. The number of rotatable bonds is 4. The molecule has 0 saturated carbocycles. The van der Waals surface area contributed by atoms with Crippen LogP contribution in [0.15, 0.2) is 48.7 Å². The first kappa shape index (κ1) is 17.2. The Labute approximate surface area is 148 Å². The van der Waals surface area contributed by atoms with E-state index in [0.29, 0.717) is 6.54 Å². The Hall–Kier alpha value is -2.60. The lowest BCUT2D eigenvalue weighted by molar-refractivity contribution is -0.00517. The minimum Gasteiger partial charge on any atom is -0.372 e. The van der Waals surface area contributed by atoms with E-state index in [1.54, 1.807) is 6.20 Å². The van der Waals surface area contributed by atoms with Crippen molar-refractivity contribution in [1.82, 2.24) is 10.3 Å². The molecule has 2 aromatic rings. The highest BCUT2D eigenvalue weighted by Crippen LogP contribution is 2.28. The molecule has 2 heterocycles. The first-order valence-electron chi connectivity index (χ1n) is 8.56. The molecule has 1 fully saturated rings. The van der Waals surface area contributed by atoms with E-state index < -0.39 is 0 Å². The van der Waals surface area contributed by atoms with Crippen LogP contribution in [0.3, 0.4) is 0 Å². The van der Waals surface area contributed by atoms with Crippen molar-refractivity contribution in [3.05, 3.63) is 54.4 Å². The highest BCUT2D eigenvalue weighted by atomic mass is 16.5. The van der Waals surface area contributed by atoms with Crippen LogP contribution >= 0.6 is 0 Å². The Kier molecular flexibility index (Phi) is 5.50. The third-order valence-corrected chi connectivity index (χ3v) is 4.07. The average molecular weight is 340 g/mol. The summed E-state index contributed by atoms with van der Waals surface area (Å²) in [5.41, 5.74) is 2.63. The fourth-order valence-electron chi connectivity index (χ4n) is 3.07. The molecule has 0 radical (unpaired) electrons. The van der Waals surface area contributed by atoms with Gasteiger partial charge in [0.25, 0.3) is 0 Å². The number of hydrogen-bond donors (Lipinski definition) is 2. The summed E-state index contributed by atoms with van der Waals surface area (Å²) in [6.45, 7) is 6.13. The van der Waals surface area contributed by atoms with Crippen molar-refractivity contribution < 1.29 is 9.53 Å². The van der Waals surface area contributed by atoms with E-state index in [0.717, 1.165) is 30.2 Å². The van der Waals surface area contributed by atoms with Crippen LogP contribution < -0.4 is 15.5 Å². The zero-order valence-corrected chi connectivity index (χ0v) is 14.6. The number of nitrogens with one attached hydrogen (secondary N) is 2. The lowest BCUT2D eigenvalue weighted by Gasteiger charge is -2.37. The maximum Gasteiger partial charge on any atom is 0.319 e. The largest absolute Gasteiger partial charge is 0.372 e. The summed E-state index contributed by atoms with van der Waals surface area (Å²) in [4.78, 5) is 18.7. The van der Waals surface area contributed by atoms with Gasteiger partial charge in [0.2, 0.25) is 0 Å². The van der Waals surface area contributed by atoms with E-state index in [4.69, 9.17) is 4.74 Å². The van der Waals surface area contributed by atoms with Gasteiger partial charge in [0.05, 0.1) is 35.8 Å². The summed E-state index contributed by atoms with van der Waals surface area (Å²) < 4.78 is 5.80. The van der Waals surface area contributed by atoms with Gasteiger partial charge < -0.3 is 20.3 Å². The van der Waals surface area contributed by atoms with Gasteiger partial charge in [0.15, 0.2) is 0 Å². The first-order valence-corrected chi connectivity index (χ1v) is 8.56. The zero-order chi connectivity index (χ0) is 17.6. The Balaban J connectivity index is 1.65. The summed E-state index contributed by atoms with van der Waals surface area (Å²) in [5.74, 6) is 0. The number of anilines is 2. The molecule has 2 N–H and O–H groups in total. The molecule has 6 heteroatoms. The number of aromatic nitrogens is 1. The molecule has 6 nitrogen and oxygen atoms in total. The summed E-state index contributed by atoms with van der Waals surface area (Å²) >= 11 is 0. The van der Waals surface area contributed by atoms with Gasteiger partial charge in [0.1, 0.15) is 0 Å². The van der Waals surface area contributed by atoms with Gasteiger partial charge in [-0.1, -0.05) is 18.2 Å². The van der Waals surface area contributed by atoms with Crippen molar-refractivity contribution in [3.8, 4) is 0 Å². The van der Waals surface area contributed by atoms with Crippen LogP contribution in [0.4, 0.5) is 16.2 Å². The number of amides is 2. The molecule has 1 aliphatic rings. The number of benzene rings is 1. The van der Waals surface area contributed by atoms with Crippen LogP contribution in [0.1, 0.15) is 19.5 Å². The predicted molar refractivity (Wildman–Crippen MR) is 98.8 cm³/mol. The van der Waals surface area contributed by atoms with Crippen LogP contribution in [0, 0.1) is 0 Å². The Morgan fingerprint density at radius 1 is 1.16 bits per heavy atom. The number of morpholine rings is 1. The lowest BCUT2D eigenvalue weighted by Crippen LogP contribution is -2.45. The third-order valence-electron chi connectivity index (χ3n) is 4.07. The average Bonchev–Trinajstić information content (AvgIpc) is 2.60. The summed E-state index contributed by atoms with van der Waals surface area (Å²) in [7, 11) is 0. The van der Waals surface area contributed by atoms with Gasteiger partial charge in [-0.3, -0.25) is 4.98 Å². The molecule has 1 aromatic heterocycles. The number of para-hydroxylation sites is 2. The Morgan fingerprint density at radius 2 is 1.88 bits per heavy atom. The van der Waals surface area contributed by atoms with Gasteiger partial charge in [-0.15, -0.1) is 0 Å². The minimum absolute atomic E-state index is 0.162.